The van der Waals surface area contributed by atoms with Gasteiger partial charge in [-0.3, -0.25) is 9.36 Å². The fourth-order valence-electron chi connectivity index (χ4n) is 6.53. The van der Waals surface area contributed by atoms with Crippen molar-refractivity contribution in [2.24, 2.45) is 5.92 Å². The van der Waals surface area contributed by atoms with Crippen LogP contribution in [0.4, 0.5) is 0 Å². The van der Waals surface area contributed by atoms with Crippen molar-refractivity contribution in [3.8, 4) is 5.75 Å². The molecule has 1 aromatic heterocycles. The number of aryl methyl sites for hydroxylation is 4. The van der Waals surface area contributed by atoms with E-state index in [-0.39, 0.29) is 5.56 Å². The van der Waals surface area contributed by atoms with Crippen LogP contribution in [0.5, 0.6) is 5.75 Å². The molecule has 0 spiro atoms. The standard InChI is InChI=1S/C37H50N2O4/c1-5-8-21-33-32(36(40)39(26(4)38-33)25-27-17-11-9-12-18-27)24-28-22-30(15-6-2)34(31(23-28)16-7-3)43-35(37(41)42)29-19-13-10-14-20-29/h10,13-14,19-20,22-23,27,35H,5-9,11-12,15-18,21,24-25H2,1-4H3,(H,41,42). The van der Waals surface area contributed by atoms with Gasteiger partial charge in [-0.05, 0) is 68.1 Å². The van der Waals surface area contributed by atoms with Crippen molar-refractivity contribution in [1.82, 2.24) is 9.55 Å². The van der Waals surface area contributed by atoms with Crippen molar-refractivity contribution >= 4 is 5.97 Å². The van der Waals surface area contributed by atoms with Gasteiger partial charge in [0.2, 0.25) is 6.10 Å². The zero-order chi connectivity index (χ0) is 30.8. The van der Waals surface area contributed by atoms with E-state index in [1.165, 1.54) is 32.1 Å². The second kappa shape index (κ2) is 15.9. The van der Waals surface area contributed by atoms with Crippen molar-refractivity contribution in [2.45, 2.75) is 124 Å². The van der Waals surface area contributed by atoms with Crippen LogP contribution in [0.1, 0.15) is 124 Å². The minimum Gasteiger partial charge on any atom is -0.478 e. The molecule has 1 N–H and O–H groups in total. The van der Waals surface area contributed by atoms with Gasteiger partial charge in [-0.1, -0.05) is 102 Å². The van der Waals surface area contributed by atoms with E-state index in [2.05, 4.69) is 32.9 Å². The fourth-order valence-corrected chi connectivity index (χ4v) is 6.53. The molecule has 0 saturated heterocycles. The number of hydrogen-bond donors (Lipinski definition) is 1. The summed E-state index contributed by atoms with van der Waals surface area (Å²) < 4.78 is 8.32. The Morgan fingerprint density at radius 3 is 2.21 bits per heavy atom. The van der Waals surface area contributed by atoms with Gasteiger partial charge in [0, 0.05) is 24.1 Å². The van der Waals surface area contributed by atoms with Gasteiger partial charge in [-0.15, -0.1) is 0 Å². The predicted octanol–water partition coefficient (Wildman–Crippen LogP) is 8.18. The van der Waals surface area contributed by atoms with E-state index < -0.39 is 12.1 Å². The van der Waals surface area contributed by atoms with Crippen LogP contribution in [0, 0.1) is 12.8 Å². The van der Waals surface area contributed by atoms with Gasteiger partial charge in [0.15, 0.2) is 0 Å². The Balaban J connectivity index is 1.76. The lowest BCUT2D eigenvalue weighted by atomic mass is 9.89. The molecule has 0 aliphatic heterocycles. The summed E-state index contributed by atoms with van der Waals surface area (Å²) in [5.74, 6) is 1.03. The molecule has 0 bridgehead atoms. The molecular formula is C37H50N2O4. The van der Waals surface area contributed by atoms with Crippen molar-refractivity contribution in [3.63, 3.8) is 0 Å². The van der Waals surface area contributed by atoms with Crippen LogP contribution >= 0.6 is 0 Å². The maximum absolute atomic E-state index is 14.2. The largest absolute Gasteiger partial charge is 0.478 e. The summed E-state index contributed by atoms with van der Waals surface area (Å²) in [6.07, 6.45) is 11.7. The third kappa shape index (κ3) is 8.36. The number of benzene rings is 2. The number of unbranched alkanes of at least 4 members (excludes halogenated alkanes) is 1. The van der Waals surface area contributed by atoms with E-state index in [9.17, 15) is 14.7 Å². The average molecular weight is 587 g/mol. The van der Waals surface area contributed by atoms with E-state index in [4.69, 9.17) is 9.72 Å². The van der Waals surface area contributed by atoms with Crippen LogP contribution in [0.15, 0.2) is 47.3 Å². The summed E-state index contributed by atoms with van der Waals surface area (Å²) in [5, 5.41) is 10.1. The van der Waals surface area contributed by atoms with Gasteiger partial charge < -0.3 is 9.84 Å². The molecule has 1 unspecified atom stereocenters. The highest BCUT2D eigenvalue weighted by atomic mass is 16.5. The molecule has 1 heterocycles. The van der Waals surface area contributed by atoms with Gasteiger partial charge in [0.05, 0.1) is 5.69 Å². The summed E-state index contributed by atoms with van der Waals surface area (Å²) in [6, 6.07) is 13.4. The lowest BCUT2D eigenvalue weighted by Gasteiger charge is -2.24. The number of carboxylic acids is 1. The zero-order valence-electron chi connectivity index (χ0n) is 26.7. The summed E-state index contributed by atoms with van der Waals surface area (Å²) in [6.45, 7) is 9.16. The molecular weight excluding hydrogens is 536 g/mol. The first-order chi connectivity index (χ1) is 20.9. The van der Waals surface area contributed by atoms with Crippen LogP contribution < -0.4 is 10.3 Å². The Labute approximate surface area is 257 Å². The van der Waals surface area contributed by atoms with Gasteiger partial charge in [0.1, 0.15) is 11.6 Å². The fraction of sp³-hybridized carbons (Fsp3) is 0.541. The van der Waals surface area contributed by atoms with Crippen molar-refractivity contribution in [2.75, 3.05) is 0 Å². The minimum atomic E-state index is -1.09. The van der Waals surface area contributed by atoms with Crippen molar-refractivity contribution in [3.05, 3.63) is 92.2 Å². The Morgan fingerprint density at radius 1 is 0.977 bits per heavy atom. The number of hydrogen-bond acceptors (Lipinski definition) is 4. The van der Waals surface area contributed by atoms with Crippen LogP contribution in [0.3, 0.4) is 0 Å². The van der Waals surface area contributed by atoms with Crippen LogP contribution in [-0.4, -0.2) is 20.6 Å². The lowest BCUT2D eigenvalue weighted by Crippen LogP contribution is -2.32. The number of nitrogens with zero attached hydrogens (tertiary/aromatic N) is 2. The molecule has 6 nitrogen and oxygen atoms in total. The molecule has 1 saturated carbocycles. The Hall–Kier alpha value is -3.41. The smallest absolute Gasteiger partial charge is 0.349 e. The number of aliphatic carboxylic acids is 1. The number of rotatable bonds is 15. The topological polar surface area (TPSA) is 81.4 Å². The molecule has 1 atom stereocenters. The summed E-state index contributed by atoms with van der Waals surface area (Å²) >= 11 is 0. The highest BCUT2D eigenvalue weighted by molar-refractivity contribution is 5.75. The van der Waals surface area contributed by atoms with Gasteiger partial charge in [-0.25, -0.2) is 9.78 Å². The highest BCUT2D eigenvalue weighted by Crippen LogP contribution is 2.34. The van der Waals surface area contributed by atoms with E-state index >= 15 is 0 Å². The molecule has 3 aromatic rings. The first-order valence-electron chi connectivity index (χ1n) is 16.5. The normalized spacial score (nSPS) is 14.5. The first-order valence-corrected chi connectivity index (χ1v) is 16.5. The zero-order valence-corrected chi connectivity index (χ0v) is 26.7. The summed E-state index contributed by atoms with van der Waals surface area (Å²) in [7, 11) is 0. The predicted molar refractivity (Wildman–Crippen MR) is 173 cm³/mol. The van der Waals surface area contributed by atoms with Crippen LogP contribution in [0.2, 0.25) is 0 Å². The first kappa shape index (κ1) is 32.5. The highest BCUT2D eigenvalue weighted by Gasteiger charge is 2.26. The molecule has 0 radical (unpaired) electrons. The molecule has 1 aliphatic carbocycles. The van der Waals surface area contributed by atoms with E-state index in [1.54, 1.807) is 12.1 Å². The number of carbonyl (C=O) groups is 1. The van der Waals surface area contributed by atoms with Crippen molar-refractivity contribution in [1.29, 1.82) is 0 Å². The van der Waals surface area contributed by atoms with Gasteiger partial charge >= 0.3 is 5.97 Å². The third-order valence-electron chi connectivity index (χ3n) is 8.76. The van der Waals surface area contributed by atoms with E-state index in [0.29, 0.717) is 23.7 Å². The second-order valence-electron chi connectivity index (χ2n) is 12.3. The Kier molecular flexibility index (Phi) is 12.0. The van der Waals surface area contributed by atoms with Gasteiger partial charge in [-0.2, -0.15) is 0 Å². The molecule has 2 aromatic carbocycles. The summed E-state index contributed by atoms with van der Waals surface area (Å²) in [5.41, 5.74) is 5.53. The van der Waals surface area contributed by atoms with E-state index in [1.807, 2.05) is 29.7 Å². The average Bonchev–Trinajstić information content (AvgIpc) is 3.00. The second-order valence-corrected chi connectivity index (χ2v) is 12.3. The third-order valence-corrected chi connectivity index (χ3v) is 8.76. The lowest BCUT2D eigenvalue weighted by molar-refractivity contribution is -0.145. The number of carboxylic acid groups (broad SMARTS) is 1. The Morgan fingerprint density at radius 2 is 1.63 bits per heavy atom. The number of ether oxygens (including phenoxy) is 1. The molecule has 1 fully saturated rings. The Bertz CT molecular complexity index is 1380. The molecule has 232 valence electrons. The van der Waals surface area contributed by atoms with Crippen LogP contribution in [0.25, 0.3) is 0 Å². The van der Waals surface area contributed by atoms with Crippen molar-refractivity contribution < 1.29 is 14.6 Å². The molecule has 43 heavy (non-hydrogen) atoms. The SMILES string of the molecule is CCCCc1nc(C)n(CC2CCCCC2)c(=O)c1Cc1cc(CCC)c(OC(C(=O)O)c2ccccc2)c(CCC)c1. The molecule has 1 aliphatic rings. The maximum atomic E-state index is 14.2. The van der Waals surface area contributed by atoms with E-state index in [0.717, 1.165) is 85.3 Å². The van der Waals surface area contributed by atoms with Crippen LogP contribution in [-0.2, 0) is 37.0 Å². The molecule has 0 amide bonds. The minimum absolute atomic E-state index is 0.105. The number of aromatic nitrogens is 2. The molecule has 6 heteroatoms. The summed E-state index contributed by atoms with van der Waals surface area (Å²) in [4.78, 5) is 31.5. The maximum Gasteiger partial charge on any atom is 0.349 e. The van der Waals surface area contributed by atoms with Gasteiger partial charge in [0.25, 0.3) is 5.56 Å². The quantitative estimate of drug-likeness (QED) is 0.194. The molecule has 4 rings (SSSR count). The monoisotopic (exact) mass is 586 g/mol.